The molecule has 2 aliphatic rings. The minimum atomic E-state index is -5.15. The molecule has 1 saturated carbocycles. The SMILES string of the molecule is CC/C=C\C/C=C\C/C=C\C/C=C\CCCCCCC(=O)O[C@H](COC(=O)CCC/C=C\C/C=C\C/C=C\CC1OC1CCCCC)COP(=O)(O)OC1[C@H](O)[C@H](O)C(O)[C@H](O)[C@H]1O. The summed E-state index contributed by atoms with van der Waals surface area (Å²) < 4.78 is 39.2. The lowest BCUT2D eigenvalue weighted by Crippen LogP contribution is -2.64. The van der Waals surface area contributed by atoms with E-state index in [0.717, 1.165) is 77.0 Å². The molecular weight excluding hydrogens is 843 g/mol. The largest absolute Gasteiger partial charge is 0.472 e. The molecule has 0 bridgehead atoms. The predicted molar refractivity (Wildman–Crippen MR) is 248 cm³/mol. The average Bonchev–Trinajstić information content (AvgIpc) is 4.03. The van der Waals surface area contributed by atoms with Crippen LogP contribution in [-0.4, -0.2) is 111 Å². The van der Waals surface area contributed by atoms with Crippen LogP contribution in [0.25, 0.3) is 0 Å². The van der Waals surface area contributed by atoms with Gasteiger partial charge in [0, 0.05) is 12.8 Å². The number of aliphatic hydroxyl groups is 5. The first kappa shape index (κ1) is 57.1. The predicted octanol–water partition coefficient (Wildman–Crippen LogP) is 8.26. The summed E-state index contributed by atoms with van der Waals surface area (Å²) in [6.07, 6.45) is 33.8. The highest BCUT2D eigenvalue weighted by atomic mass is 31.2. The van der Waals surface area contributed by atoms with Crippen LogP contribution in [0.1, 0.15) is 142 Å². The number of phosphoric acid groups is 1. The Kier molecular flexibility index (Phi) is 31.4. The van der Waals surface area contributed by atoms with Crippen molar-refractivity contribution in [2.24, 2.45) is 0 Å². The quantitative estimate of drug-likeness (QED) is 0.0115. The van der Waals surface area contributed by atoms with Crippen molar-refractivity contribution >= 4 is 19.8 Å². The van der Waals surface area contributed by atoms with Gasteiger partial charge in [0.25, 0.3) is 0 Å². The van der Waals surface area contributed by atoms with Crippen LogP contribution in [0.5, 0.6) is 0 Å². The highest BCUT2D eigenvalue weighted by Crippen LogP contribution is 2.47. The second-order valence-corrected chi connectivity index (χ2v) is 17.7. The van der Waals surface area contributed by atoms with Gasteiger partial charge in [-0.25, -0.2) is 4.57 Å². The monoisotopic (exact) mass is 923 g/mol. The van der Waals surface area contributed by atoms with Gasteiger partial charge in [-0.3, -0.25) is 18.6 Å². The number of hydrogen-bond donors (Lipinski definition) is 6. The van der Waals surface area contributed by atoms with Crippen molar-refractivity contribution in [2.75, 3.05) is 13.2 Å². The fourth-order valence-corrected chi connectivity index (χ4v) is 7.75. The molecule has 15 heteroatoms. The zero-order valence-corrected chi connectivity index (χ0v) is 39.1. The highest BCUT2D eigenvalue weighted by molar-refractivity contribution is 7.47. The third kappa shape index (κ3) is 26.8. The van der Waals surface area contributed by atoms with Crippen molar-refractivity contribution in [3.63, 3.8) is 0 Å². The molecule has 2 rings (SSSR count). The van der Waals surface area contributed by atoms with Gasteiger partial charge in [0.2, 0.25) is 0 Å². The van der Waals surface area contributed by atoms with Gasteiger partial charge in [0.15, 0.2) is 6.10 Å². The molecule has 2 fully saturated rings. The van der Waals surface area contributed by atoms with Gasteiger partial charge >= 0.3 is 19.8 Å². The number of phosphoric ester groups is 1. The Bertz CT molecular complexity index is 1510. The maximum absolute atomic E-state index is 12.8. The Morgan fingerprint density at radius 3 is 1.69 bits per heavy atom. The lowest BCUT2D eigenvalue weighted by molar-refractivity contribution is -0.220. The van der Waals surface area contributed by atoms with Crippen LogP contribution in [0.2, 0.25) is 0 Å². The molecule has 0 spiro atoms. The van der Waals surface area contributed by atoms with Gasteiger partial charge in [-0.05, 0) is 83.5 Å². The fraction of sp³-hybridized carbons (Fsp3) is 0.673. The summed E-state index contributed by atoms with van der Waals surface area (Å²) in [5.74, 6) is -1.21. The van der Waals surface area contributed by atoms with E-state index in [1.807, 2.05) is 12.2 Å². The third-order valence-electron chi connectivity index (χ3n) is 10.6. The molecule has 14 nitrogen and oxygen atoms in total. The Balaban J connectivity index is 1.74. The van der Waals surface area contributed by atoms with Gasteiger partial charge in [0.05, 0.1) is 18.8 Å². The van der Waals surface area contributed by atoms with Crippen LogP contribution in [0.15, 0.2) is 85.1 Å². The maximum atomic E-state index is 12.8. The minimum absolute atomic E-state index is 0.0496. The standard InChI is InChI=1S/C49H79O14P/c1-3-5-7-8-9-10-11-12-13-14-15-16-17-22-25-28-32-36-43(51)61-39(38-60-64(57,58)63-49-47(55)45(53)44(52)46(54)48(49)56)37-59-42(50)35-31-27-24-21-19-18-20-23-26-30-34-41-40(62-41)33-29-6-4-2/h5,7,9-10,12-13,15-16,18,20-21,24,26,30,39-41,44-49,52-56H,3-4,6,8,11,14,17,19,22-23,25,27-29,31-38H2,1-2H3,(H,57,58)/b7-5-,10-9-,13-12-,16-15-,20-18-,24-21-,30-26-/t39-,40?,41?,44?,45-,46+,47-,48-,49?/m1/s1. The fourth-order valence-electron chi connectivity index (χ4n) is 6.78. The number of carbonyl (C=O) groups excluding carboxylic acids is 2. The van der Waals surface area contributed by atoms with E-state index in [2.05, 4.69) is 86.8 Å². The van der Waals surface area contributed by atoms with E-state index in [9.17, 15) is 44.6 Å². The molecule has 1 aliphatic carbocycles. The van der Waals surface area contributed by atoms with Crippen molar-refractivity contribution in [1.82, 2.24) is 0 Å². The van der Waals surface area contributed by atoms with Crippen molar-refractivity contribution in [1.29, 1.82) is 0 Å². The van der Waals surface area contributed by atoms with Gasteiger partial charge in [-0.1, -0.05) is 131 Å². The summed E-state index contributed by atoms with van der Waals surface area (Å²) in [6.45, 7) is 3.07. The minimum Gasteiger partial charge on any atom is -0.462 e. The third-order valence-corrected chi connectivity index (χ3v) is 11.6. The number of ether oxygens (including phenoxy) is 3. The summed E-state index contributed by atoms with van der Waals surface area (Å²) in [7, 11) is -5.15. The van der Waals surface area contributed by atoms with E-state index >= 15 is 0 Å². The van der Waals surface area contributed by atoms with E-state index in [1.165, 1.54) is 19.3 Å². The molecule has 0 aromatic heterocycles. The Labute approximate surface area is 382 Å². The number of hydrogen-bond acceptors (Lipinski definition) is 13. The number of unbranched alkanes of at least 4 members (excludes halogenated alkanes) is 7. The topological polar surface area (TPSA) is 222 Å². The highest BCUT2D eigenvalue weighted by Gasteiger charge is 2.51. The zero-order chi connectivity index (χ0) is 46.8. The molecule has 0 aromatic carbocycles. The van der Waals surface area contributed by atoms with Crippen molar-refractivity contribution < 1.29 is 67.8 Å². The van der Waals surface area contributed by atoms with Crippen LogP contribution in [-0.2, 0) is 37.4 Å². The van der Waals surface area contributed by atoms with Crippen molar-refractivity contribution in [2.45, 2.75) is 197 Å². The first-order chi connectivity index (χ1) is 30.9. The molecule has 0 amide bonds. The lowest BCUT2D eigenvalue weighted by atomic mass is 9.85. The van der Waals surface area contributed by atoms with Crippen molar-refractivity contribution in [3.8, 4) is 0 Å². The molecule has 6 N–H and O–H groups in total. The van der Waals surface area contributed by atoms with Gasteiger partial charge in [-0.15, -0.1) is 0 Å². The molecule has 64 heavy (non-hydrogen) atoms. The molecule has 5 unspecified atom stereocenters. The maximum Gasteiger partial charge on any atom is 0.472 e. The molecule has 1 heterocycles. The van der Waals surface area contributed by atoms with Crippen molar-refractivity contribution in [3.05, 3.63) is 85.1 Å². The Morgan fingerprint density at radius 1 is 0.578 bits per heavy atom. The van der Waals surface area contributed by atoms with Crippen LogP contribution in [0, 0.1) is 0 Å². The molecular formula is C49H79O14P. The summed E-state index contributed by atoms with van der Waals surface area (Å²) in [5.41, 5.74) is 0. The second kappa shape index (κ2) is 35.2. The molecule has 0 radical (unpaired) electrons. The molecule has 0 aromatic rings. The summed E-state index contributed by atoms with van der Waals surface area (Å²) in [5, 5.41) is 50.2. The molecule has 10 atom stereocenters. The zero-order valence-electron chi connectivity index (χ0n) is 38.2. The van der Waals surface area contributed by atoms with Gasteiger partial charge < -0.3 is 44.6 Å². The number of esters is 2. The average molecular weight is 923 g/mol. The summed E-state index contributed by atoms with van der Waals surface area (Å²) >= 11 is 0. The van der Waals surface area contributed by atoms with Crippen LogP contribution in [0.4, 0.5) is 0 Å². The van der Waals surface area contributed by atoms with E-state index in [1.54, 1.807) is 0 Å². The van der Waals surface area contributed by atoms with E-state index in [-0.39, 0.29) is 12.8 Å². The first-order valence-electron chi connectivity index (χ1n) is 23.5. The normalized spacial score (nSPS) is 25.5. The van der Waals surface area contributed by atoms with Crippen LogP contribution >= 0.6 is 7.82 Å². The first-order valence-corrected chi connectivity index (χ1v) is 25.0. The molecule has 1 saturated heterocycles. The molecule has 1 aliphatic heterocycles. The Hall–Kier alpha value is -3.01. The Morgan fingerprint density at radius 2 is 1.09 bits per heavy atom. The van der Waals surface area contributed by atoms with E-state index < -0.39 is 75.7 Å². The number of epoxide rings is 1. The number of rotatable bonds is 36. The van der Waals surface area contributed by atoms with Gasteiger partial charge in [0.1, 0.15) is 43.2 Å². The van der Waals surface area contributed by atoms with Crippen LogP contribution in [0.3, 0.4) is 0 Å². The molecule has 364 valence electrons. The van der Waals surface area contributed by atoms with Crippen LogP contribution < -0.4 is 0 Å². The summed E-state index contributed by atoms with van der Waals surface area (Å²) in [6, 6.07) is 0. The smallest absolute Gasteiger partial charge is 0.462 e. The number of aliphatic hydroxyl groups excluding tert-OH is 5. The van der Waals surface area contributed by atoms with E-state index in [0.29, 0.717) is 31.5 Å². The van der Waals surface area contributed by atoms with Gasteiger partial charge in [-0.2, -0.15) is 0 Å². The summed E-state index contributed by atoms with van der Waals surface area (Å²) in [4.78, 5) is 35.7. The number of carbonyl (C=O) groups is 2. The number of allylic oxidation sites excluding steroid dienone is 13. The van der Waals surface area contributed by atoms with E-state index in [4.69, 9.17) is 23.3 Å². The lowest BCUT2D eigenvalue weighted by Gasteiger charge is -2.41. The second-order valence-electron chi connectivity index (χ2n) is 16.3.